The summed E-state index contributed by atoms with van der Waals surface area (Å²) in [6, 6.07) is 7.21. The summed E-state index contributed by atoms with van der Waals surface area (Å²) < 4.78 is 5.94. The number of hydrogen-bond donors (Lipinski definition) is 4. The molecule has 2 aromatic rings. The number of cyclic esters (lactones) is 1. The molecule has 0 spiro atoms. The number of esters is 1. The molecule has 4 N–H and O–H groups in total. The first-order chi connectivity index (χ1) is 27.6. The maximum atomic E-state index is 14.8. The van der Waals surface area contributed by atoms with Crippen LogP contribution < -0.4 is 16.0 Å². The van der Waals surface area contributed by atoms with Gasteiger partial charge in [0.05, 0.1) is 12.5 Å². The number of piperidine rings is 1. The van der Waals surface area contributed by atoms with Crippen molar-refractivity contribution in [2.24, 2.45) is 5.92 Å². The summed E-state index contributed by atoms with van der Waals surface area (Å²) in [6.07, 6.45) is -0.737. The summed E-state index contributed by atoms with van der Waals surface area (Å²) in [5.74, 6) is -4.50. The quantitative estimate of drug-likeness (QED) is 0.299. The number of hydrogen-bond acceptors (Lipinski definition) is 9. The Morgan fingerprint density at radius 3 is 2.34 bits per heavy atom. The van der Waals surface area contributed by atoms with Crippen LogP contribution in [-0.2, 0) is 51.1 Å². The van der Waals surface area contributed by atoms with Crippen molar-refractivity contribution in [2.45, 2.75) is 121 Å². The van der Waals surface area contributed by atoms with Gasteiger partial charge in [-0.2, -0.15) is 0 Å². The first-order valence-electron chi connectivity index (χ1n) is 20.1. The van der Waals surface area contributed by atoms with E-state index in [0.717, 1.165) is 11.1 Å². The lowest BCUT2D eigenvalue weighted by Gasteiger charge is -2.39. The van der Waals surface area contributed by atoms with Crippen LogP contribution in [0, 0.1) is 12.8 Å². The molecule has 16 heteroatoms. The number of carbonyl (C=O) groups excluding carboxylic acids is 7. The van der Waals surface area contributed by atoms with Gasteiger partial charge in [-0.3, -0.25) is 28.8 Å². The van der Waals surface area contributed by atoms with E-state index >= 15 is 0 Å². The summed E-state index contributed by atoms with van der Waals surface area (Å²) in [5.41, 5.74) is 2.28. The number of fused-ring (bicyclic) bond motifs is 3. The predicted octanol–water partition coefficient (Wildman–Crippen LogP) is 1.43. The Balaban J connectivity index is 1.35. The molecule has 4 aliphatic heterocycles. The molecule has 0 bridgehead atoms. The standard InChI is InChI=1S/C42H53ClN6O9/c1-23-9-7-10-27(15-23)18-31(45-35(51)19-28-11-8-12-29(43)17-28)37(52)46-36-26(4)58-42(57)34-16-24(2)21-48(34)39(54)25(3)44-38(53)32-13-5-6-14-47(32)40(55)33-20-30(50)22-49(33)41(36)56/h7-12,15,17,24-26,30-34,36,50H,5-6,13-14,16,18-22H2,1-4H3,(H,44,53)(H,45,51)(H,46,52)/t24-,25-,26-,30+,31-,32-,33-,34-,36-/m0/s1. The minimum Gasteiger partial charge on any atom is -0.458 e. The van der Waals surface area contributed by atoms with E-state index in [2.05, 4.69) is 16.0 Å². The fourth-order valence-electron chi connectivity index (χ4n) is 8.59. The van der Waals surface area contributed by atoms with Crippen molar-refractivity contribution in [2.75, 3.05) is 19.6 Å². The number of aliphatic hydroxyl groups is 1. The zero-order chi connectivity index (χ0) is 41.8. The maximum absolute atomic E-state index is 14.8. The van der Waals surface area contributed by atoms with Gasteiger partial charge in [-0.25, -0.2) is 4.79 Å². The number of nitrogens with one attached hydrogen (secondary N) is 3. The van der Waals surface area contributed by atoms with E-state index in [-0.39, 0.29) is 51.2 Å². The third-order valence-electron chi connectivity index (χ3n) is 11.5. The molecule has 312 valence electrons. The van der Waals surface area contributed by atoms with Crippen molar-refractivity contribution in [1.29, 1.82) is 0 Å². The maximum Gasteiger partial charge on any atom is 0.329 e. The molecule has 0 saturated carbocycles. The number of ether oxygens (including phenoxy) is 1. The molecule has 9 atom stereocenters. The van der Waals surface area contributed by atoms with Gasteiger partial charge >= 0.3 is 5.97 Å². The van der Waals surface area contributed by atoms with Gasteiger partial charge < -0.3 is 40.5 Å². The minimum atomic E-state index is -1.59. The van der Waals surface area contributed by atoms with Gasteiger partial charge in [-0.05, 0) is 75.6 Å². The molecule has 58 heavy (non-hydrogen) atoms. The molecule has 2 aromatic carbocycles. The summed E-state index contributed by atoms with van der Waals surface area (Å²) in [4.78, 5) is 103. The van der Waals surface area contributed by atoms with E-state index in [0.29, 0.717) is 29.8 Å². The van der Waals surface area contributed by atoms with Crippen LogP contribution in [0.3, 0.4) is 0 Å². The number of benzene rings is 2. The first kappa shape index (κ1) is 42.6. The fourth-order valence-corrected chi connectivity index (χ4v) is 8.80. The predicted molar refractivity (Wildman–Crippen MR) is 212 cm³/mol. The van der Waals surface area contributed by atoms with Crippen LogP contribution in [0.4, 0.5) is 0 Å². The highest BCUT2D eigenvalue weighted by molar-refractivity contribution is 6.30. The van der Waals surface area contributed by atoms with Gasteiger partial charge in [0.25, 0.3) is 0 Å². The Kier molecular flexibility index (Phi) is 13.4. The normalized spacial score (nSPS) is 28.9. The highest BCUT2D eigenvalue weighted by atomic mass is 35.5. The number of aliphatic hydroxyl groups excluding tert-OH is 1. The average molecular weight is 821 g/mol. The lowest BCUT2D eigenvalue weighted by Crippen LogP contribution is -2.63. The number of amides is 6. The number of aryl methyl sites for hydroxylation is 1. The van der Waals surface area contributed by atoms with Crippen molar-refractivity contribution >= 4 is 53.0 Å². The third-order valence-corrected chi connectivity index (χ3v) is 11.7. The van der Waals surface area contributed by atoms with Crippen molar-refractivity contribution in [3.63, 3.8) is 0 Å². The molecule has 15 nitrogen and oxygen atoms in total. The van der Waals surface area contributed by atoms with Gasteiger partial charge in [-0.1, -0.05) is 60.5 Å². The van der Waals surface area contributed by atoms with Gasteiger partial charge in [-0.15, -0.1) is 0 Å². The van der Waals surface area contributed by atoms with E-state index in [1.165, 1.54) is 28.5 Å². The number of rotatable bonds is 7. The Bertz CT molecular complexity index is 1930. The van der Waals surface area contributed by atoms with Crippen LogP contribution in [0.1, 0.15) is 69.6 Å². The van der Waals surface area contributed by atoms with Crippen molar-refractivity contribution in [3.8, 4) is 0 Å². The van der Waals surface area contributed by atoms with Crippen LogP contribution in [0.25, 0.3) is 0 Å². The molecule has 0 unspecified atom stereocenters. The van der Waals surface area contributed by atoms with Gasteiger partial charge in [0.15, 0.2) is 0 Å². The lowest BCUT2D eigenvalue weighted by molar-refractivity contribution is -0.163. The van der Waals surface area contributed by atoms with Crippen LogP contribution in [0.2, 0.25) is 5.02 Å². The number of halogens is 1. The second-order valence-electron chi connectivity index (χ2n) is 16.3. The molecule has 0 aromatic heterocycles. The van der Waals surface area contributed by atoms with E-state index in [1.807, 2.05) is 38.1 Å². The molecule has 0 aliphatic carbocycles. The molecule has 4 saturated heterocycles. The zero-order valence-corrected chi connectivity index (χ0v) is 34.1. The van der Waals surface area contributed by atoms with Crippen LogP contribution in [0.15, 0.2) is 48.5 Å². The van der Waals surface area contributed by atoms with E-state index in [1.54, 1.807) is 24.3 Å². The molecule has 6 amide bonds. The smallest absolute Gasteiger partial charge is 0.329 e. The van der Waals surface area contributed by atoms with E-state index in [9.17, 15) is 38.7 Å². The van der Waals surface area contributed by atoms with Gasteiger partial charge in [0, 0.05) is 37.5 Å². The van der Waals surface area contributed by atoms with Crippen LogP contribution >= 0.6 is 11.6 Å². The first-order valence-corrected chi connectivity index (χ1v) is 20.5. The molecule has 4 heterocycles. The van der Waals surface area contributed by atoms with Crippen LogP contribution in [0.5, 0.6) is 0 Å². The Labute approximate surface area is 343 Å². The monoisotopic (exact) mass is 820 g/mol. The number of carbonyl (C=O) groups is 7. The molecule has 6 rings (SSSR count). The van der Waals surface area contributed by atoms with Crippen molar-refractivity contribution in [1.82, 2.24) is 30.7 Å². The zero-order valence-electron chi connectivity index (χ0n) is 33.3. The molecular weight excluding hydrogens is 768 g/mol. The lowest BCUT2D eigenvalue weighted by atomic mass is 9.98. The van der Waals surface area contributed by atoms with E-state index in [4.69, 9.17) is 16.3 Å². The largest absolute Gasteiger partial charge is 0.458 e. The molecule has 4 aliphatic rings. The topological polar surface area (TPSA) is 195 Å². The van der Waals surface area contributed by atoms with Gasteiger partial charge in [0.1, 0.15) is 42.4 Å². The minimum absolute atomic E-state index is 0.0427. The SMILES string of the molecule is Cc1cccc(C[C@H](NC(=O)Cc2cccc(Cl)c2)C(=O)N[C@@H]2C(=O)N3C[C@H](O)C[C@H]3C(=O)N3CCCC[C@H]3C(=O)N[C@@H](C)C(=O)N3C[C@@H](C)C[C@H]3C(=O)O[C@H]2C)c1. The fraction of sp³-hybridized carbons (Fsp3) is 0.548. The summed E-state index contributed by atoms with van der Waals surface area (Å²) in [7, 11) is 0. The summed E-state index contributed by atoms with van der Waals surface area (Å²) in [5, 5.41) is 19.7. The molecular formula is C42H53ClN6O9. The number of nitrogens with zero attached hydrogens (tertiary/aromatic N) is 3. The Hall–Kier alpha value is -5.02. The second-order valence-corrected chi connectivity index (χ2v) is 16.7. The van der Waals surface area contributed by atoms with E-state index < -0.39 is 89.9 Å². The highest BCUT2D eigenvalue weighted by Crippen LogP contribution is 2.29. The van der Waals surface area contributed by atoms with Crippen LogP contribution in [-0.4, -0.2) is 129 Å². The molecule has 0 radical (unpaired) electrons. The Morgan fingerprint density at radius 1 is 0.879 bits per heavy atom. The summed E-state index contributed by atoms with van der Waals surface area (Å²) >= 11 is 6.15. The van der Waals surface area contributed by atoms with Gasteiger partial charge in [0.2, 0.25) is 35.4 Å². The Morgan fingerprint density at radius 2 is 1.60 bits per heavy atom. The molecule has 4 fully saturated rings. The van der Waals surface area contributed by atoms with Crippen molar-refractivity contribution in [3.05, 3.63) is 70.2 Å². The second kappa shape index (κ2) is 18.3. The summed E-state index contributed by atoms with van der Waals surface area (Å²) in [6.45, 7) is 6.95. The average Bonchev–Trinajstić information content (AvgIpc) is 3.77. The highest BCUT2D eigenvalue weighted by Gasteiger charge is 2.49. The van der Waals surface area contributed by atoms with Crippen molar-refractivity contribution < 1.29 is 43.4 Å². The third kappa shape index (κ3) is 9.80.